The standard InChI is InChI=1S/C7H14FNO/c8-3-1-5-10-7-2-4-9-6-7/h7,9H,1-6H2. The lowest BCUT2D eigenvalue weighted by Crippen LogP contribution is -2.17. The van der Waals surface area contributed by atoms with Gasteiger partial charge in [-0.05, 0) is 19.4 Å². The van der Waals surface area contributed by atoms with E-state index >= 15 is 0 Å². The zero-order valence-electron chi connectivity index (χ0n) is 6.11. The summed E-state index contributed by atoms with van der Waals surface area (Å²) in [6.07, 6.45) is 1.95. The Morgan fingerprint density at radius 2 is 2.50 bits per heavy atom. The van der Waals surface area contributed by atoms with Crippen molar-refractivity contribution in [3.05, 3.63) is 0 Å². The zero-order valence-corrected chi connectivity index (χ0v) is 6.11. The smallest absolute Gasteiger partial charge is 0.0916 e. The molecule has 1 aliphatic heterocycles. The maximum Gasteiger partial charge on any atom is 0.0916 e. The molecule has 0 bridgehead atoms. The van der Waals surface area contributed by atoms with Crippen LogP contribution in [0.1, 0.15) is 12.8 Å². The van der Waals surface area contributed by atoms with Crippen LogP contribution >= 0.6 is 0 Å². The second-order valence-electron chi connectivity index (χ2n) is 2.53. The summed E-state index contributed by atoms with van der Waals surface area (Å²) in [5, 5.41) is 3.18. The monoisotopic (exact) mass is 147 g/mol. The van der Waals surface area contributed by atoms with Crippen molar-refractivity contribution in [1.82, 2.24) is 5.32 Å². The van der Waals surface area contributed by atoms with Gasteiger partial charge in [-0.15, -0.1) is 0 Å². The van der Waals surface area contributed by atoms with E-state index in [2.05, 4.69) is 5.32 Å². The second kappa shape index (κ2) is 4.63. The van der Waals surface area contributed by atoms with Crippen LogP contribution in [0.5, 0.6) is 0 Å². The van der Waals surface area contributed by atoms with Gasteiger partial charge in [-0.3, -0.25) is 4.39 Å². The molecule has 1 saturated heterocycles. The maximum atomic E-state index is 11.6. The highest BCUT2D eigenvalue weighted by Crippen LogP contribution is 2.02. The molecule has 1 aliphatic rings. The van der Waals surface area contributed by atoms with Gasteiger partial charge in [-0.25, -0.2) is 0 Å². The quantitative estimate of drug-likeness (QED) is 0.592. The Balaban J connectivity index is 1.91. The lowest BCUT2D eigenvalue weighted by atomic mass is 10.3. The molecule has 1 N–H and O–H groups in total. The summed E-state index contributed by atoms with van der Waals surface area (Å²) in [7, 11) is 0. The van der Waals surface area contributed by atoms with E-state index in [9.17, 15) is 4.39 Å². The van der Waals surface area contributed by atoms with Crippen molar-refractivity contribution in [2.45, 2.75) is 18.9 Å². The van der Waals surface area contributed by atoms with Crippen LogP contribution in [0.3, 0.4) is 0 Å². The van der Waals surface area contributed by atoms with Crippen LogP contribution in [0.2, 0.25) is 0 Å². The number of hydrogen-bond acceptors (Lipinski definition) is 2. The third kappa shape index (κ3) is 2.62. The molecule has 10 heavy (non-hydrogen) atoms. The lowest BCUT2D eigenvalue weighted by Gasteiger charge is -2.08. The molecule has 1 atom stereocenters. The Morgan fingerprint density at radius 1 is 1.60 bits per heavy atom. The first kappa shape index (κ1) is 7.95. The summed E-state index contributed by atoms with van der Waals surface area (Å²) in [4.78, 5) is 0. The minimum atomic E-state index is -0.264. The molecule has 0 aromatic heterocycles. The van der Waals surface area contributed by atoms with Crippen LogP contribution in [0.4, 0.5) is 4.39 Å². The highest BCUT2D eigenvalue weighted by atomic mass is 19.1. The summed E-state index contributed by atoms with van der Waals surface area (Å²) in [6, 6.07) is 0. The zero-order chi connectivity index (χ0) is 7.23. The predicted octanol–water partition coefficient (Wildman–Crippen LogP) is 0.724. The maximum absolute atomic E-state index is 11.6. The second-order valence-corrected chi connectivity index (χ2v) is 2.53. The van der Waals surface area contributed by atoms with Gasteiger partial charge in [0.2, 0.25) is 0 Å². The van der Waals surface area contributed by atoms with E-state index in [-0.39, 0.29) is 6.67 Å². The minimum Gasteiger partial charge on any atom is -0.377 e. The Kier molecular flexibility index (Phi) is 3.68. The van der Waals surface area contributed by atoms with Gasteiger partial charge >= 0.3 is 0 Å². The Labute approximate surface area is 60.8 Å². The predicted molar refractivity (Wildman–Crippen MR) is 37.8 cm³/mol. The Bertz CT molecular complexity index is 83.7. The van der Waals surface area contributed by atoms with Crippen molar-refractivity contribution < 1.29 is 9.13 Å². The molecule has 1 heterocycles. The average Bonchev–Trinajstić information content (AvgIpc) is 2.41. The summed E-state index contributed by atoms with van der Waals surface area (Å²) < 4.78 is 16.9. The summed E-state index contributed by atoms with van der Waals surface area (Å²) >= 11 is 0. The number of halogens is 1. The highest BCUT2D eigenvalue weighted by Gasteiger charge is 2.13. The van der Waals surface area contributed by atoms with Crippen LogP contribution in [0, 0.1) is 0 Å². The summed E-state index contributed by atoms with van der Waals surface area (Å²) in [6.45, 7) is 2.29. The van der Waals surface area contributed by atoms with Crippen molar-refractivity contribution in [2.75, 3.05) is 26.4 Å². The number of ether oxygens (including phenoxy) is 1. The van der Waals surface area contributed by atoms with Gasteiger partial charge in [0.25, 0.3) is 0 Å². The van der Waals surface area contributed by atoms with Gasteiger partial charge in [0, 0.05) is 13.2 Å². The fraction of sp³-hybridized carbons (Fsp3) is 1.00. The van der Waals surface area contributed by atoms with Crippen LogP contribution in [0.25, 0.3) is 0 Å². The number of rotatable bonds is 4. The SMILES string of the molecule is FCCCOC1CCNC1. The van der Waals surface area contributed by atoms with Gasteiger partial charge in [-0.1, -0.05) is 0 Å². The van der Waals surface area contributed by atoms with E-state index in [1.165, 1.54) is 0 Å². The Morgan fingerprint density at radius 3 is 3.10 bits per heavy atom. The molecule has 60 valence electrons. The fourth-order valence-electron chi connectivity index (χ4n) is 1.07. The summed E-state index contributed by atoms with van der Waals surface area (Å²) in [5.74, 6) is 0. The molecule has 0 aliphatic carbocycles. The molecule has 0 aromatic carbocycles. The summed E-state index contributed by atoms with van der Waals surface area (Å²) in [5.41, 5.74) is 0. The van der Waals surface area contributed by atoms with E-state index < -0.39 is 0 Å². The first-order valence-electron chi connectivity index (χ1n) is 3.82. The third-order valence-corrected chi connectivity index (χ3v) is 1.65. The molecule has 0 saturated carbocycles. The minimum absolute atomic E-state index is 0.264. The van der Waals surface area contributed by atoms with E-state index in [4.69, 9.17) is 4.74 Å². The molecule has 2 nitrogen and oxygen atoms in total. The molecule has 1 unspecified atom stereocenters. The van der Waals surface area contributed by atoms with Gasteiger partial charge in [0.15, 0.2) is 0 Å². The third-order valence-electron chi connectivity index (χ3n) is 1.65. The topological polar surface area (TPSA) is 21.3 Å². The molecule has 3 heteroatoms. The molecular weight excluding hydrogens is 133 g/mol. The van der Waals surface area contributed by atoms with E-state index in [0.29, 0.717) is 19.1 Å². The molecule has 0 amide bonds. The highest BCUT2D eigenvalue weighted by molar-refractivity contribution is 4.70. The van der Waals surface area contributed by atoms with Crippen molar-refractivity contribution in [2.24, 2.45) is 0 Å². The van der Waals surface area contributed by atoms with E-state index in [0.717, 1.165) is 19.5 Å². The fourth-order valence-corrected chi connectivity index (χ4v) is 1.07. The number of alkyl halides is 1. The first-order valence-corrected chi connectivity index (χ1v) is 3.82. The molecule has 0 aromatic rings. The molecule has 1 fully saturated rings. The van der Waals surface area contributed by atoms with Crippen LogP contribution in [0.15, 0.2) is 0 Å². The first-order chi connectivity index (χ1) is 4.93. The molecular formula is C7H14FNO. The number of nitrogens with one attached hydrogen (secondary N) is 1. The van der Waals surface area contributed by atoms with Crippen LogP contribution in [-0.4, -0.2) is 32.5 Å². The van der Waals surface area contributed by atoms with Gasteiger partial charge in [0.05, 0.1) is 12.8 Å². The molecule has 0 radical (unpaired) electrons. The van der Waals surface area contributed by atoms with Gasteiger partial charge in [-0.2, -0.15) is 0 Å². The number of hydrogen-bond donors (Lipinski definition) is 1. The van der Waals surface area contributed by atoms with E-state index in [1.807, 2.05) is 0 Å². The lowest BCUT2D eigenvalue weighted by molar-refractivity contribution is 0.0623. The van der Waals surface area contributed by atoms with Crippen molar-refractivity contribution in [3.8, 4) is 0 Å². The normalized spacial score (nSPS) is 25.5. The average molecular weight is 147 g/mol. The van der Waals surface area contributed by atoms with E-state index in [1.54, 1.807) is 0 Å². The van der Waals surface area contributed by atoms with Gasteiger partial charge in [0.1, 0.15) is 0 Å². The van der Waals surface area contributed by atoms with Crippen LogP contribution in [-0.2, 0) is 4.74 Å². The van der Waals surface area contributed by atoms with Crippen molar-refractivity contribution in [1.29, 1.82) is 0 Å². The van der Waals surface area contributed by atoms with Crippen LogP contribution < -0.4 is 5.32 Å². The van der Waals surface area contributed by atoms with Crippen molar-refractivity contribution >= 4 is 0 Å². The Hall–Kier alpha value is -0.150. The largest absolute Gasteiger partial charge is 0.377 e. The molecule has 0 spiro atoms. The van der Waals surface area contributed by atoms with Gasteiger partial charge < -0.3 is 10.1 Å². The van der Waals surface area contributed by atoms with Crippen molar-refractivity contribution in [3.63, 3.8) is 0 Å². The molecule has 1 rings (SSSR count).